The van der Waals surface area contributed by atoms with Crippen LogP contribution in [0, 0.1) is 5.41 Å². The fraction of sp³-hybridized carbons (Fsp3) is 0.600. The largest absolute Gasteiger partial charge is 1.00 e. The van der Waals surface area contributed by atoms with Gasteiger partial charge in [0.05, 0.1) is 12.6 Å². The van der Waals surface area contributed by atoms with Crippen molar-refractivity contribution in [2.45, 2.75) is 33.3 Å². The molecule has 4 N–H and O–H groups in total. The normalized spacial score (nSPS) is 12.3. The number of aliphatic carboxylic acids is 1. The molecule has 0 aliphatic heterocycles. The molecule has 0 spiro atoms. The van der Waals surface area contributed by atoms with E-state index in [1.807, 2.05) is 0 Å². The average Bonchev–Trinajstić information content (AvgIpc) is 2.47. The van der Waals surface area contributed by atoms with E-state index in [4.69, 9.17) is 10.2 Å². The summed E-state index contributed by atoms with van der Waals surface area (Å²) in [5.41, 5.74) is -0.844. The molecule has 0 bridgehead atoms. The standard InChI is InChI=1S/C9H19NO4.C6H8O2.K/c1-9(2,6-12)7(13)8(14)10-4-3-5-11;1-2-3-4-5-6(7)8;/h7,11-13H,3-6H2,1-2H3,(H,10,14);2-5H,1H3,(H,7,8);/q;;+1/p-1/b;3-2+,5-4+;. The second kappa shape index (κ2) is 16.8. The van der Waals surface area contributed by atoms with Crippen LogP contribution in [-0.2, 0) is 9.59 Å². The molecule has 0 aliphatic carbocycles. The zero-order chi connectivity index (χ0) is 17.6. The summed E-state index contributed by atoms with van der Waals surface area (Å²) in [6.07, 6.45) is 4.97. The number of carbonyl (C=O) groups is 2. The third-order valence-electron chi connectivity index (χ3n) is 2.57. The van der Waals surface area contributed by atoms with Crippen LogP contribution in [0.25, 0.3) is 0 Å². The van der Waals surface area contributed by atoms with E-state index in [1.165, 1.54) is 6.08 Å². The first-order valence-corrected chi connectivity index (χ1v) is 6.90. The molecule has 7 nitrogen and oxygen atoms in total. The maximum absolute atomic E-state index is 11.3. The number of allylic oxidation sites excluding steroid dienone is 3. The monoisotopic (exact) mass is 355 g/mol. The van der Waals surface area contributed by atoms with Gasteiger partial charge in [0.15, 0.2) is 0 Å². The van der Waals surface area contributed by atoms with E-state index in [2.05, 4.69) is 5.32 Å². The maximum atomic E-state index is 11.3. The number of amides is 1. The van der Waals surface area contributed by atoms with E-state index in [1.54, 1.807) is 32.9 Å². The van der Waals surface area contributed by atoms with Gasteiger partial charge in [-0.1, -0.05) is 32.1 Å². The molecule has 128 valence electrons. The van der Waals surface area contributed by atoms with Crippen LogP contribution in [0.2, 0.25) is 0 Å². The molecule has 1 amide bonds. The first kappa shape index (κ1) is 27.8. The Labute approximate surface area is 179 Å². The van der Waals surface area contributed by atoms with Crippen molar-refractivity contribution in [3.63, 3.8) is 0 Å². The summed E-state index contributed by atoms with van der Waals surface area (Å²) in [5.74, 6) is -1.68. The molecule has 0 rings (SSSR count). The third kappa shape index (κ3) is 16.6. The van der Waals surface area contributed by atoms with Gasteiger partial charge in [0, 0.05) is 18.6 Å². The summed E-state index contributed by atoms with van der Waals surface area (Å²) >= 11 is 0. The molecule has 0 saturated carbocycles. The van der Waals surface area contributed by atoms with Crippen molar-refractivity contribution >= 4 is 11.9 Å². The van der Waals surface area contributed by atoms with Gasteiger partial charge in [-0.15, -0.1) is 0 Å². The van der Waals surface area contributed by atoms with Gasteiger partial charge in [0.25, 0.3) is 0 Å². The van der Waals surface area contributed by atoms with Gasteiger partial charge in [0.1, 0.15) is 6.10 Å². The molecule has 0 heterocycles. The molecule has 0 aromatic carbocycles. The molecule has 0 aliphatic rings. The molecule has 0 aromatic rings. The second-order valence-electron chi connectivity index (χ2n) is 5.12. The fourth-order valence-electron chi connectivity index (χ4n) is 1.07. The fourth-order valence-corrected chi connectivity index (χ4v) is 1.07. The Hall–Kier alpha value is -0.0636. The minimum Gasteiger partial charge on any atom is -0.545 e. The number of carboxylic acids is 1. The first-order chi connectivity index (χ1) is 10.2. The smallest absolute Gasteiger partial charge is 0.545 e. The zero-order valence-electron chi connectivity index (χ0n) is 14.3. The number of rotatable bonds is 8. The average molecular weight is 355 g/mol. The SMILES string of the molecule is C/C=C/C=C/C(=O)[O-].CC(C)(CO)C(O)C(=O)NCCCO.[K+]. The molecular weight excluding hydrogens is 329 g/mol. The summed E-state index contributed by atoms with van der Waals surface area (Å²) in [6.45, 7) is 5.07. The molecule has 0 fully saturated rings. The van der Waals surface area contributed by atoms with Gasteiger partial charge < -0.3 is 30.5 Å². The van der Waals surface area contributed by atoms with E-state index < -0.39 is 23.4 Å². The van der Waals surface area contributed by atoms with Crippen LogP contribution in [0.3, 0.4) is 0 Å². The van der Waals surface area contributed by atoms with Crippen LogP contribution in [0.5, 0.6) is 0 Å². The first-order valence-electron chi connectivity index (χ1n) is 6.90. The minimum atomic E-state index is -1.23. The Morgan fingerprint density at radius 1 is 1.26 bits per heavy atom. The second-order valence-corrected chi connectivity index (χ2v) is 5.12. The Balaban J connectivity index is -0.000000382. The van der Waals surface area contributed by atoms with Gasteiger partial charge in [-0.3, -0.25) is 4.79 Å². The van der Waals surface area contributed by atoms with E-state index in [0.29, 0.717) is 13.0 Å². The minimum absolute atomic E-state index is 0. The number of hydrogen-bond donors (Lipinski definition) is 4. The summed E-state index contributed by atoms with van der Waals surface area (Å²) in [4.78, 5) is 20.9. The number of nitrogens with one attached hydrogen (secondary N) is 1. The van der Waals surface area contributed by atoms with E-state index in [9.17, 15) is 19.8 Å². The van der Waals surface area contributed by atoms with Gasteiger partial charge in [-0.25, -0.2) is 0 Å². The van der Waals surface area contributed by atoms with E-state index in [-0.39, 0.29) is 64.6 Å². The Bertz CT molecular complexity index is 382. The van der Waals surface area contributed by atoms with Crippen molar-refractivity contribution in [3.8, 4) is 0 Å². The molecule has 1 atom stereocenters. The number of hydrogen-bond acceptors (Lipinski definition) is 6. The molecule has 8 heteroatoms. The number of carboxylic acid groups (broad SMARTS) is 1. The van der Waals surface area contributed by atoms with Gasteiger partial charge in [-0.2, -0.15) is 0 Å². The topological polar surface area (TPSA) is 130 Å². The molecule has 23 heavy (non-hydrogen) atoms. The van der Waals surface area contributed by atoms with Crippen molar-refractivity contribution in [2.24, 2.45) is 5.41 Å². The molecule has 0 aromatic heterocycles. The number of carbonyl (C=O) groups excluding carboxylic acids is 2. The predicted molar refractivity (Wildman–Crippen MR) is 80.5 cm³/mol. The van der Waals surface area contributed by atoms with Crippen molar-refractivity contribution in [1.29, 1.82) is 0 Å². The van der Waals surface area contributed by atoms with Gasteiger partial charge in [0.2, 0.25) is 5.91 Å². The van der Waals surface area contributed by atoms with Crippen LogP contribution in [-0.4, -0.2) is 53.1 Å². The number of aliphatic hydroxyl groups excluding tert-OH is 3. The Kier molecular flexibility index (Phi) is 20.3. The summed E-state index contributed by atoms with van der Waals surface area (Å²) in [6, 6.07) is 0. The number of aliphatic hydroxyl groups is 3. The van der Waals surface area contributed by atoms with Crippen molar-refractivity contribution in [2.75, 3.05) is 19.8 Å². The van der Waals surface area contributed by atoms with Gasteiger partial charge >= 0.3 is 51.4 Å². The van der Waals surface area contributed by atoms with E-state index >= 15 is 0 Å². The summed E-state index contributed by atoms with van der Waals surface area (Å²) < 4.78 is 0. The van der Waals surface area contributed by atoms with Crippen molar-refractivity contribution in [1.82, 2.24) is 5.32 Å². The predicted octanol–water partition coefficient (Wildman–Crippen LogP) is -4.26. The van der Waals surface area contributed by atoms with Crippen LogP contribution >= 0.6 is 0 Å². The maximum Gasteiger partial charge on any atom is 1.00 e. The van der Waals surface area contributed by atoms with Crippen LogP contribution in [0.1, 0.15) is 27.2 Å². The Morgan fingerprint density at radius 2 is 1.83 bits per heavy atom. The van der Waals surface area contributed by atoms with E-state index in [0.717, 1.165) is 6.08 Å². The van der Waals surface area contributed by atoms with Crippen LogP contribution < -0.4 is 61.8 Å². The zero-order valence-corrected chi connectivity index (χ0v) is 17.4. The van der Waals surface area contributed by atoms with Crippen molar-refractivity contribution < 1.29 is 81.4 Å². The van der Waals surface area contributed by atoms with Gasteiger partial charge in [-0.05, 0) is 19.4 Å². The molecule has 1 unspecified atom stereocenters. The molecule has 0 saturated heterocycles. The molecular formula is C15H26KNO6. The third-order valence-corrected chi connectivity index (χ3v) is 2.57. The van der Waals surface area contributed by atoms with Crippen LogP contribution in [0.4, 0.5) is 0 Å². The van der Waals surface area contributed by atoms with Crippen molar-refractivity contribution in [3.05, 3.63) is 24.3 Å². The quantitative estimate of drug-likeness (QED) is 0.151. The summed E-state index contributed by atoms with van der Waals surface area (Å²) in [7, 11) is 0. The van der Waals surface area contributed by atoms with Crippen LogP contribution in [0.15, 0.2) is 24.3 Å². The molecule has 0 radical (unpaired) electrons. The Morgan fingerprint density at radius 3 is 2.22 bits per heavy atom. The summed E-state index contributed by atoms with van der Waals surface area (Å²) in [5, 5.41) is 39.0.